The summed E-state index contributed by atoms with van der Waals surface area (Å²) in [6.07, 6.45) is -1.05. The largest absolute Gasteiger partial charge is 0.445 e. The van der Waals surface area contributed by atoms with Crippen molar-refractivity contribution in [1.82, 2.24) is 15.7 Å². The first-order valence-electron chi connectivity index (χ1n) is 12.6. The Bertz CT molecular complexity index is 873. The lowest BCUT2D eigenvalue weighted by Gasteiger charge is -2.22. The van der Waals surface area contributed by atoms with E-state index in [1.807, 2.05) is 60.7 Å². The van der Waals surface area contributed by atoms with E-state index in [2.05, 4.69) is 10.8 Å². The molecule has 38 heavy (non-hydrogen) atoms. The Kier molecular flexibility index (Phi) is 17.0. The third-order valence-electron chi connectivity index (χ3n) is 5.05. The van der Waals surface area contributed by atoms with Gasteiger partial charge in [-0.1, -0.05) is 60.7 Å². The number of alkyl carbamates (subject to hydrolysis) is 1. The van der Waals surface area contributed by atoms with Crippen LogP contribution in [0, 0.1) is 0 Å². The molecule has 0 aliphatic heterocycles. The summed E-state index contributed by atoms with van der Waals surface area (Å²) in [6, 6.07) is 18.8. The van der Waals surface area contributed by atoms with Crippen molar-refractivity contribution in [1.29, 1.82) is 0 Å². The van der Waals surface area contributed by atoms with Crippen LogP contribution in [0.15, 0.2) is 60.7 Å². The van der Waals surface area contributed by atoms with E-state index >= 15 is 0 Å². The Hall–Kier alpha value is -3.22. The molecule has 210 valence electrons. The summed E-state index contributed by atoms with van der Waals surface area (Å²) in [4.78, 5) is 31.6. The summed E-state index contributed by atoms with van der Waals surface area (Å²) in [5.74, 6) is 0. The van der Waals surface area contributed by atoms with Gasteiger partial charge in [0.2, 0.25) is 0 Å². The quantitative estimate of drug-likeness (QED) is 0.196. The van der Waals surface area contributed by atoms with E-state index in [-0.39, 0.29) is 26.3 Å². The molecule has 0 heterocycles. The van der Waals surface area contributed by atoms with Gasteiger partial charge in [-0.15, -0.1) is 0 Å². The summed E-state index contributed by atoms with van der Waals surface area (Å²) in [6.45, 7) is 4.22. The highest BCUT2D eigenvalue weighted by Crippen LogP contribution is 2.04. The molecule has 2 N–H and O–H groups in total. The second kappa shape index (κ2) is 20.8. The number of benzene rings is 2. The number of ether oxygens (including phenoxy) is 5. The number of carbonyl (C=O) groups excluding carboxylic acids is 2. The van der Waals surface area contributed by atoms with Gasteiger partial charge < -0.3 is 33.9 Å². The molecular formula is C27H39N3O8. The summed E-state index contributed by atoms with van der Waals surface area (Å²) >= 11 is 0. The monoisotopic (exact) mass is 533 g/mol. The van der Waals surface area contributed by atoms with Crippen LogP contribution in [-0.4, -0.2) is 90.0 Å². The number of hydrogen-bond acceptors (Lipinski definition) is 9. The minimum Gasteiger partial charge on any atom is -0.445 e. The maximum absolute atomic E-state index is 12.7. The average molecular weight is 534 g/mol. The molecular weight excluding hydrogens is 494 g/mol. The molecule has 2 amide bonds. The van der Waals surface area contributed by atoms with Crippen molar-refractivity contribution < 1.29 is 38.1 Å². The highest BCUT2D eigenvalue weighted by molar-refractivity contribution is 5.68. The first-order chi connectivity index (χ1) is 18.7. The molecule has 0 aliphatic carbocycles. The molecule has 2 aromatic carbocycles. The Labute approximate surface area is 224 Å². The molecule has 0 saturated carbocycles. The van der Waals surface area contributed by atoms with Crippen molar-refractivity contribution in [3.05, 3.63) is 71.8 Å². The van der Waals surface area contributed by atoms with Crippen LogP contribution in [0.4, 0.5) is 9.59 Å². The van der Waals surface area contributed by atoms with Gasteiger partial charge in [0.1, 0.15) is 13.2 Å². The lowest BCUT2D eigenvalue weighted by Crippen LogP contribution is -2.42. The second-order valence-electron chi connectivity index (χ2n) is 7.98. The van der Waals surface area contributed by atoms with Crippen LogP contribution in [-0.2, 0) is 41.7 Å². The molecule has 0 atom stereocenters. The zero-order valence-corrected chi connectivity index (χ0v) is 22.0. The van der Waals surface area contributed by atoms with Crippen molar-refractivity contribution in [3.63, 3.8) is 0 Å². The third kappa shape index (κ3) is 15.1. The average Bonchev–Trinajstić information content (AvgIpc) is 2.95. The molecule has 11 nitrogen and oxygen atoms in total. The number of carbonyl (C=O) groups is 2. The van der Waals surface area contributed by atoms with Crippen molar-refractivity contribution in [2.75, 3.05) is 72.9 Å². The van der Waals surface area contributed by atoms with Crippen molar-refractivity contribution >= 4 is 12.2 Å². The summed E-state index contributed by atoms with van der Waals surface area (Å²) < 4.78 is 26.3. The lowest BCUT2D eigenvalue weighted by atomic mass is 10.2. The van der Waals surface area contributed by atoms with Crippen LogP contribution in [0.25, 0.3) is 0 Å². The minimum atomic E-state index is -0.558. The smallest absolute Gasteiger partial charge is 0.410 e. The second-order valence-corrected chi connectivity index (χ2v) is 7.98. The molecule has 0 spiro atoms. The van der Waals surface area contributed by atoms with Crippen LogP contribution in [0.3, 0.4) is 0 Å². The highest BCUT2D eigenvalue weighted by atomic mass is 16.7. The minimum absolute atomic E-state index is 0.152. The van der Waals surface area contributed by atoms with Crippen LogP contribution >= 0.6 is 0 Å². The Morgan fingerprint density at radius 2 is 1.26 bits per heavy atom. The number of amides is 2. The molecule has 0 aromatic heterocycles. The standard InChI is InChI=1S/C27H39N3O8/c1-33-16-17-34-18-19-35-20-21-38-29-13-15-30(27(32)37-23-25-10-6-3-7-11-25)14-12-28-26(31)36-22-24-8-4-2-5-9-24/h2-11,29H,12-23H2,1H3,(H,28,31). The molecule has 0 bridgehead atoms. The van der Waals surface area contributed by atoms with Gasteiger partial charge >= 0.3 is 12.2 Å². The maximum atomic E-state index is 12.7. The van der Waals surface area contributed by atoms with Gasteiger partial charge in [0.15, 0.2) is 0 Å². The zero-order valence-electron chi connectivity index (χ0n) is 22.0. The maximum Gasteiger partial charge on any atom is 0.410 e. The van der Waals surface area contributed by atoms with Crippen molar-refractivity contribution in [2.24, 2.45) is 0 Å². The third-order valence-corrected chi connectivity index (χ3v) is 5.05. The van der Waals surface area contributed by atoms with E-state index in [1.165, 1.54) is 4.90 Å². The van der Waals surface area contributed by atoms with Crippen LogP contribution in [0.5, 0.6) is 0 Å². The molecule has 0 radical (unpaired) electrons. The highest BCUT2D eigenvalue weighted by Gasteiger charge is 2.15. The molecule has 0 unspecified atom stereocenters. The fraction of sp³-hybridized carbons (Fsp3) is 0.481. The summed E-state index contributed by atoms with van der Waals surface area (Å²) in [5, 5.41) is 2.66. The van der Waals surface area contributed by atoms with Crippen LogP contribution in [0.1, 0.15) is 11.1 Å². The first kappa shape index (κ1) is 31.0. The van der Waals surface area contributed by atoms with Gasteiger partial charge in [0, 0.05) is 33.3 Å². The number of hydrogen-bond donors (Lipinski definition) is 2. The molecule has 0 saturated heterocycles. The summed E-state index contributed by atoms with van der Waals surface area (Å²) in [7, 11) is 1.62. The Balaban J connectivity index is 1.65. The molecule has 0 fully saturated rings. The fourth-order valence-electron chi connectivity index (χ4n) is 3.06. The molecule has 2 rings (SSSR count). The molecule has 2 aromatic rings. The van der Waals surface area contributed by atoms with E-state index in [4.69, 9.17) is 28.5 Å². The number of rotatable bonds is 20. The first-order valence-corrected chi connectivity index (χ1v) is 12.6. The van der Waals surface area contributed by atoms with E-state index in [0.29, 0.717) is 52.7 Å². The zero-order chi connectivity index (χ0) is 27.1. The topological polar surface area (TPSA) is 117 Å². The Morgan fingerprint density at radius 3 is 1.89 bits per heavy atom. The SMILES string of the molecule is COCCOCCOCCONCCN(CCNC(=O)OCc1ccccc1)C(=O)OCc1ccccc1. The van der Waals surface area contributed by atoms with E-state index < -0.39 is 12.2 Å². The van der Waals surface area contributed by atoms with E-state index in [9.17, 15) is 9.59 Å². The molecule has 11 heteroatoms. The predicted molar refractivity (Wildman–Crippen MR) is 140 cm³/mol. The van der Waals surface area contributed by atoms with Gasteiger partial charge in [0.05, 0.1) is 39.6 Å². The van der Waals surface area contributed by atoms with Crippen LogP contribution < -0.4 is 10.8 Å². The number of hydroxylamine groups is 1. The number of nitrogens with one attached hydrogen (secondary N) is 2. The molecule has 0 aliphatic rings. The van der Waals surface area contributed by atoms with E-state index in [0.717, 1.165) is 11.1 Å². The van der Waals surface area contributed by atoms with Gasteiger partial charge in [-0.2, -0.15) is 0 Å². The van der Waals surface area contributed by atoms with Crippen molar-refractivity contribution in [3.8, 4) is 0 Å². The van der Waals surface area contributed by atoms with Gasteiger partial charge in [-0.3, -0.25) is 4.84 Å². The summed E-state index contributed by atoms with van der Waals surface area (Å²) in [5.41, 5.74) is 4.58. The van der Waals surface area contributed by atoms with Gasteiger partial charge in [-0.05, 0) is 11.1 Å². The fourth-order valence-corrected chi connectivity index (χ4v) is 3.06. The van der Waals surface area contributed by atoms with Gasteiger partial charge in [0.25, 0.3) is 0 Å². The van der Waals surface area contributed by atoms with Gasteiger partial charge in [-0.25, -0.2) is 15.1 Å². The number of nitrogens with zero attached hydrogens (tertiary/aromatic N) is 1. The normalized spacial score (nSPS) is 10.7. The lowest BCUT2D eigenvalue weighted by molar-refractivity contribution is -0.0239. The predicted octanol–water partition coefficient (Wildman–Crippen LogP) is 2.75. The number of methoxy groups -OCH3 is 1. The van der Waals surface area contributed by atoms with Crippen molar-refractivity contribution in [2.45, 2.75) is 13.2 Å². The van der Waals surface area contributed by atoms with E-state index in [1.54, 1.807) is 7.11 Å². The Morgan fingerprint density at radius 1 is 0.711 bits per heavy atom. The van der Waals surface area contributed by atoms with Crippen LogP contribution in [0.2, 0.25) is 0 Å².